The number of hydrogen-bond acceptors (Lipinski definition) is 6. The van der Waals surface area contributed by atoms with Crippen molar-refractivity contribution in [2.45, 2.75) is 13.0 Å². The Morgan fingerprint density at radius 3 is 3.00 bits per heavy atom. The molecule has 4 rings (SSSR count). The van der Waals surface area contributed by atoms with Crippen LogP contribution in [0.15, 0.2) is 30.5 Å². The van der Waals surface area contributed by atoms with Gasteiger partial charge in [0.15, 0.2) is 5.82 Å². The molecular formula is C19H19ClN4O3. The number of aromatic nitrogens is 3. The van der Waals surface area contributed by atoms with E-state index in [2.05, 4.69) is 21.8 Å². The third-order valence-corrected chi connectivity index (χ3v) is 4.87. The molecule has 1 aliphatic heterocycles. The molecule has 0 saturated carbocycles. The van der Waals surface area contributed by atoms with Gasteiger partial charge in [0.2, 0.25) is 0 Å². The van der Waals surface area contributed by atoms with Crippen LogP contribution in [0.4, 0.5) is 5.82 Å². The Hall–Kier alpha value is -2.64. The smallest absolute Gasteiger partial charge is 0.337 e. The Morgan fingerprint density at radius 2 is 2.22 bits per heavy atom. The van der Waals surface area contributed by atoms with E-state index in [1.54, 1.807) is 18.2 Å². The number of methoxy groups -OCH3 is 1. The number of halogens is 1. The number of ether oxygens (including phenoxy) is 2. The third kappa shape index (κ3) is 3.36. The van der Waals surface area contributed by atoms with E-state index in [0.29, 0.717) is 29.8 Å². The number of benzene rings is 1. The summed E-state index contributed by atoms with van der Waals surface area (Å²) in [6.07, 6.45) is 1.81. The highest BCUT2D eigenvalue weighted by molar-refractivity contribution is 6.29. The number of carbonyl (C=O) groups excluding carboxylic acids is 1. The Balaban J connectivity index is 1.86. The van der Waals surface area contributed by atoms with Gasteiger partial charge in [0, 0.05) is 35.3 Å². The molecule has 140 valence electrons. The summed E-state index contributed by atoms with van der Waals surface area (Å²) in [7, 11) is 1.36. The summed E-state index contributed by atoms with van der Waals surface area (Å²) in [5.74, 6) is 0.788. The molecule has 0 radical (unpaired) electrons. The molecule has 0 unspecified atom stereocenters. The van der Waals surface area contributed by atoms with Crippen LogP contribution in [0.3, 0.4) is 0 Å². The van der Waals surface area contributed by atoms with Gasteiger partial charge in [0.25, 0.3) is 0 Å². The minimum Gasteiger partial charge on any atom is -0.465 e. The van der Waals surface area contributed by atoms with Crippen molar-refractivity contribution < 1.29 is 14.3 Å². The fourth-order valence-electron chi connectivity index (χ4n) is 3.33. The van der Waals surface area contributed by atoms with Crippen molar-refractivity contribution in [2.24, 2.45) is 0 Å². The average Bonchev–Trinajstić information content (AvgIpc) is 3.15. The van der Waals surface area contributed by atoms with Crippen molar-refractivity contribution in [2.75, 3.05) is 31.8 Å². The molecule has 1 saturated heterocycles. The van der Waals surface area contributed by atoms with E-state index in [1.807, 2.05) is 12.3 Å². The predicted octanol–water partition coefficient (Wildman–Crippen LogP) is 3.29. The first kappa shape index (κ1) is 17.8. The number of H-pyrrole nitrogens is 1. The zero-order chi connectivity index (χ0) is 19.0. The first-order chi connectivity index (χ1) is 13.1. The van der Waals surface area contributed by atoms with Crippen molar-refractivity contribution in [3.05, 3.63) is 41.2 Å². The van der Waals surface area contributed by atoms with Crippen molar-refractivity contribution >= 4 is 34.3 Å². The fourth-order valence-corrected chi connectivity index (χ4v) is 3.51. The molecule has 27 heavy (non-hydrogen) atoms. The van der Waals surface area contributed by atoms with Crippen LogP contribution in [0.25, 0.3) is 22.3 Å². The summed E-state index contributed by atoms with van der Waals surface area (Å²) < 4.78 is 10.4. The number of nitrogens with zero attached hydrogens (tertiary/aromatic N) is 3. The predicted molar refractivity (Wildman–Crippen MR) is 103 cm³/mol. The molecular weight excluding hydrogens is 368 g/mol. The van der Waals surface area contributed by atoms with Crippen LogP contribution >= 0.6 is 11.6 Å². The number of fused-ring (bicyclic) bond motifs is 1. The molecule has 1 fully saturated rings. The molecule has 0 spiro atoms. The second-order valence-corrected chi connectivity index (χ2v) is 6.83. The molecule has 7 nitrogen and oxygen atoms in total. The molecule has 0 aliphatic carbocycles. The number of nitrogens with one attached hydrogen (secondary N) is 1. The summed E-state index contributed by atoms with van der Waals surface area (Å²) in [5.41, 5.74) is 1.95. The van der Waals surface area contributed by atoms with Crippen LogP contribution in [0.5, 0.6) is 0 Å². The van der Waals surface area contributed by atoms with Crippen molar-refractivity contribution in [3.63, 3.8) is 0 Å². The lowest BCUT2D eigenvalue weighted by molar-refractivity contribution is 0.0601. The number of aromatic amines is 1. The largest absolute Gasteiger partial charge is 0.465 e. The van der Waals surface area contributed by atoms with E-state index in [9.17, 15) is 4.79 Å². The Kier molecular flexibility index (Phi) is 4.72. The normalized spacial score (nSPS) is 17.3. The third-order valence-electron chi connectivity index (χ3n) is 4.67. The van der Waals surface area contributed by atoms with Gasteiger partial charge in [-0.25, -0.2) is 14.8 Å². The SMILES string of the molecule is COC(=O)c1cc(-c2nc(Cl)cc(N3CCOC[C@H]3C)n2)c2cc[nH]c2c1. The van der Waals surface area contributed by atoms with Gasteiger partial charge in [-0.05, 0) is 25.1 Å². The summed E-state index contributed by atoms with van der Waals surface area (Å²) in [6.45, 7) is 4.09. The Morgan fingerprint density at radius 1 is 1.37 bits per heavy atom. The van der Waals surface area contributed by atoms with E-state index < -0.39 is 5.97 Å². The molecule has 0 amide bonds. The van der Waals surface area contributed by atoms with Gasteiger partial charge in [-0.1, -0.05) is 11.6 Å². The van der Waals surface area contributed by atoms with Crippen LogP contribution in [0.2, 0.25) is 5.15 Å². The van der Waals surface area contributed by atoms with Crippen LogP contribution in [0.1, 0.15) is 17.3 Å². The van der Waals surface area contributed by atoms with Crippen LogP contribution in [0, 0.1) is 0 Å². The number of rotatable bonds is 3. The molecule has 2 aromatic heterocycles. The molecule has 3 heterocycles. The zero-order valence-electron chi connectivity index (χ0n) is 15.0. The minimum absolute atomic E-state index is 0.186. The van der Waals surface area contributed by atoms with E-state index in [0.717, 1.165) is 28.8 Å². The van der Waals surface area contributed by atoms with Gasteiger partial charge in [0.05, 0.1) is 31.9 Å². The lowest BCUT2D eigenvalue weighted by atomic mass is 10.1. The first-order valence-corrected chi connectivity index (χ1v) is 9.03. The van der Waals surface area contributed by atoms with Gasteiger partial charge < -0.3 is 19.4 Å². The van der Waals surface area contributed by atoms with E-state index >= 15 is 0 Å². The Labute approximate surface area is 161 Å². The number of carbonyl (C=O) groups is 1. The molecule has 3 aromatic rings. The number of morpholine rings is 1. The summed E-state index contributed by atoms with van der Waals surface area (Å²) >= 11 is 6.31. The number of esters is 1. The monoisotopic (exact) mass is 386 g/mol. The van der Waals surface area contributed by atoms with E-state index in [1.165, 1.54) is 7.11 Å². The molecule has 1 N–H and O–H groups in total. The van der Waals surface area contributed by atoms with Crippen molar-refractivity contribution in [3.8, 4) is 11.4 Å². The molecule has 1 atom stereocenters. The lowest BCUT2D eigenvalue weighted by Gasteiger charge is -2.34. The quantitative estimate of drug-likeness (QED) is 0.549. The van der Waals surface area contributed by atoms with Crippen molar-refractivity contribution in [1.82, 2.24) is 15.0 Å². The molecule has 1 aliphatic rings. The molecule has 0 bridgehead atoms. The lowest BCUT2D eigenvalue weighted by Crippen LogP contribution is -2.44. The number of anilines is 1. The second kappa shape index (κ2) is 7.17. The Bertz CT molecular complexity index is 1000. The van der Waals surface area contributed by atoms with Gasteiger partial charge in [-0.15, -0.1) is 0 Å². The minimum atomic E-state index is -0.420. The number of hydrogen-bond donors (Lipinski definition) is 1. The fraction of sp³-hybridized carbons (Fsp3) is 0.316. The van der Waals surface area contributed by atoms with Crippen LogP contribution in [-0.2, 0) is 9.47 Å². The second-order valence-electron chi connectivity index (χ2n) is 6.44. The van der Waals surface area contributed by atoms with Crippen molar-refractivity contribution in [1.29, 1.82) is 0 Å². The molecule has 1 aromatic carbocycles. The molecule has 8 heteroatoms. The van der Waals surface area contributed by atoms with E-state index in [4.69, 9.17) is 26.1 Å². The van der Waals surface area contributed by atoms with Gasteiger partial charge in [0.1, 0.15) is 11.0 Å². The highest BCUT2D eigenvalue weighted by atomic mass is 35.5. The van der Waals surface area contributed by atoms with Crippen LogP contribution in [-0.4, -0.2) is 53.8 Å². The first-order valence-electron chi connectivity index (χ1n) is 8.65. The maximum atomic E-state index is 12.1. The van der Waals surface area contributed by atoms with Gasteiger partial charge in [-0.2, -0.15) is 0 Å². The standard InChI is InChI=1S/C19H19ClN4O3/c1-11-10-27-6-5-24(11)17-9-16(20)22-18(23-17)14-7-12(19(25)26-2)8-15-13(14)3-4-21-15/h3-4,7-9,11,21H,5-6,10H2,1-2H3/t11-/m1/s1. The van der Waals surface area contributed by atoms with Crippen LogP contribution < -0.4 is 4.90 Å². The highest BCUT2D eigenvalue weighted by Gasteiger charge is 2.22. The average molecular weight is 387 g/mol. The zero-order valence-corrected chi connectivity index (χ0v) is 15.8. The topological polar surface area (TPSA) is 80.3 Å². The maximum Gasteiger partial charge on any atom is 0.337 e. The van der Waals surface area contributed by atoms with E-state index in [-0.39, 0.29) is 6.04 Å². The summed E-state index contributed by atoms with van der Waals surface area (Å²) in [5, 5.41) is 1.26. The van der Waals surface area contributed by atoms with Gasteiger partial charge >= 0.3 is 5.97 Å². The maximum absolute atomic E-state index is 12.1. The summed E-state index contributed by atoms with van der Waals surface area (Å²) in [4.78, 5) is 26.5. The summed E-state index contributed by atoms with van der Waals surface area (Å²) in [6, 6.07) is 7.35. The highest BCUT2D eigenvalue weighted by Crippen LogP contribution is 2.31. The van der Waals surface area contributed by atoms with Gasteiger partial charge in [-0.3, -0.25) is 0 Å².